The van der Waals surface area contributed by atoms with Gasteiger partial charge in [-0.2, -0.15) is 0 Å². The van der Waals surface area contributed by atoms with E-state index in [4.69, 9.17) is 4.74 Å². The van der Waals surface area contributed by atoms with Crippen LogP contribution in [-0.2, 0) is 21.3 Å². The molecule has 0 radical (unpaired) electrons. The Morgan fingerprint density at radius 1 is 1.28 bits per heavy atom. The van der Waals surface area contributed by atoms with Crippen molar-refractivity contribution in [3.63, 3.8) is 0 Å². The summed E-state index contributed by atoms with van der Waals surface area (Å²) in [5, 5.41) is 0.972. The van der Waals surface area contributed by atoms with E-state index >= 15 is 0 Å². The number of ether oxygens (including phenoxy) is 1. The molecular weight excluding hydrogens is 364 g/mol. The fourth-order valence-corrected chi connectivity index (χ4v) is 2.09. The van der Waals surface area contributed by atoms with Crippen LogP contribution in [0.1, 0.15) is 28.4 Å². The summed E-state index contributed by atoms with van der Waals surface area (Å²) in [7, 11) is 0. The molecule has 18 heavy (non-hydrogen) atoms. The number of rotatable bonds is 6. The first-order valence-corrected chi connectivity index (χ1v) is 7.79. The molecule has 0 aliphatic carbocycles. The summed E-state index contributed by atoms with van der Waals surface area (Å²) >= 11 is 6.48. The molecule has 98 valence electrons. The van der Waals surface area contributed by atoms with E-state index < -0.39 is 0 Å². The summed E-state index contributed by atoms with van der Waals surface area (Å²) in [6.07, 6.45) is 0.236. The molecule has 0 atom stereocenters. The Balaban J connectivity index is 3.07. The van der Waals surface area contributed by atoms with Gasteiger partial charge in [-0.25, -0.2) is 4.79 Å². The summed E-state index contributed by atoms with van der Waals surface area (Å²) in [6.45, 7) is 2.08. The second-order valence-electron chi connectivity index (χ2n) is 3.69. The molecule has 0 unspecified atom stereocenters. The van der Waals surface area contributed by atoms with E-state index in [-0.39, 0.29) is 23.5 Å². The van der Waals surface area contributed by atoms with Gasteiger partial charge >= 0.3 is 5.97 Å². The van der Waals surface area contributed by atoms with E-state index in [1.807, 2.05) is 12.1 Å². The van der Waals surface area contributed by atoms with Crippen molar-refractivity contribution in [1.29, 1.82) is 0 Å². The zero-order valence-corrected chi connectivity index (χ0v) is 13.2. The third kappa shape index (κ3) is 4.21. The molecule has 0 spiro atoms. The molecule has 0 amide bonds. The van der Waals surface area contributed by atoms with Gasteiger partial charge in [0.05, 0.1) is 17.5 Å². The van der Waals surface area contributed by atoms with Crippen molar-refractivity contribution in [2.75, 3.05) is 11.9 Å². The van der Waals surface area contributed by atoms with E-state index in [9.17, 15) is 9.59 Å². The number of halogens is 2. The van der Waals surface area contributed by atoms with Crippen molar-refractivity contribution in [3.05, 3.63) is 34.9 Å². The molecule has 1 aromatic rings. The van der Waals surface area contributed by atoms with Crippen LogP contribution in [0.15, 0.2) is 18.2 Å². The molecule has 3 nitrogen and oxygen atoms in total. The molecule has 0 bridgehead atoms. The Morgan fingerprint density at radius 3 is 2.56 bits per heavy atom. The normalized spacial score (nSPS) is 10.2. The number of esters is 1. The standard InChI is InChI=1S/C13H14Br2O3/c1-2-18-13(17)12-4-3-9(7-14)5-10(12)6-11(16)8-15/h3-5H,2,6-8H2,1H3. The highest BCUT2D eigenvalue weighted by molar-refractivity contribution is 9.09. The quantitative estimate of drug-likeness (QED) is 0.564. The minimum Gasteiger partial charge on any atom is -0.462 e. The minimum absolute atomic E-state index is 0.0345. The maximum atomic E-state index is 11.8. The molecule has 0 aliphatic rings. The number of carbonyl (C=O) groups is 2. The van der Waals surface area contributed by atoms with Crippen LogP contribution >= 0.6 is 31.9 Å². The lowest BCUT2D eigenvalue weighted by molar-refractivity contribution is -0.115. The fraction of sp³-hybridized carbons (Fsp3) is 0.385. The van der Waals surface area contributed by atoms with Crippen molar-refractivity contribution >= 4 is 43.6 Å². The van der Waals surface area contributed by atoms with Crippen molar-refractivity contribution in [1.82, 2.24) is 0 Å². The highest BCUT2D eigenvalue weighted by Gasteiger charge is 2.15. The maximum absolute atomic E-state index is 11.8. The van der Waals surface area contributed by atoms with E-state index in [2.05, 4.69) is 31.9 Å². The average Bonchev–Trinajstić information content (AvgIpc) is 2.38. The Hall–Kier alpha value is -0.680. The summed E-state index contributed by atoms with van der Waals surface area (Å²) in [6, 6.07) is 5.43. The second kappa shape index (κ2) is 7.69. The third-order valence-electron chi connectivity index (χ3n) is 2.36. The zero-order chi connectivity index (χ0) is 13.5. The van der Waals surface area contributed by atoms with Gasteiger partial charge in [-0.05, 0) is 24.1 Å². The van der Waals surface area contributed by atoms with Gasteiger partial charge in [0, 0.05) is 11.8 Å². The van der Waals surface area contributed by atoms with Crippen molar-refractivity contribution in [2.24, 2.45) is 0 Å². The SMILES string of the molecule is CCOC(=O)c1ccc(CBr)cc1CC(=O)CBr. The Labute approximate surface area is 123 Å². The number of hydrogen-bond acceptors (Lipinski definition) is 3. The lowest BCUT2D eigenvalue weighted by Crippen LogP contribution is -2.12. The van der Waals surface area contributed by atoms with Crippen molar-refractivity contribution < 1.29 is 14.3 Å². The second-order valence-corrected chi connectivity index (χ2v) is 4.82. The summed E-state index contributed by atoms with van der Waals surface area (Å²) < 4.78 is 4.98. The monoisotopic (exact) mass is 376 g/mol. The van der Waals surface area contributed by atoms with E-state index in [1.165, 1.54) is 0 Å². The fourth-order valence-electron chi connectivity index (χ4n) is 1.54. The van der Waals surface area contributed by atoms with Gasteiger partial charge in [-0.3, -0.25) is 4.79 Å². The molecule has 5 heteroatoms. The Bertz CT molecular complexity index is 444. The Kier molecular flexibility index (Phi) is 6.57. The number of alkyl halides is 2. The maximum Gasteiger partial charge on any atom is 0.338 e. The first-order valence-electron chi connectivity index (χ1n) is 5.54. The van der Waals surface area contributed by atoms with Crippen molar-refractivity contribution in [3.8, 4) is 0 Å². The summed E-state index contributed by atoms with van der Waals surface area (Å²) in [4.78, 5) is 23.3. The zero-order valence-electron chi connectivity index (χ0n) is 10.0. The lowest BCUT2D eigenvalue weighted by Gasteiger charge is -2.09. The molecule has 0 saturated carbocycles. The van der Waals surface area contributed by atoms with Gasteiger partial charge in [0.2, 0.25) is 0 Å². The molecule has 0 heterocycles. The number of ketones is 1. The van der Waals surface area contributed by atoms with Crippen LogP contribution in [0.3, 0.4) is 0 Å². The largest absolute Gasteiger partial charge is 0.462 e. The number of benzene rings is 1. The van der Waals surface area contributed by atoms with Crippen LogP contribution in [0.4, 0.5) is 0 Å². The number of Topliss-reactive ketones (excluding diaryl/α,β-unsaturated/α-hetero) is 1. The predicted molar refractivity (Wildman–Crippen MR) is 77.5 cm³/mol. The third-order valence-corrected chi connectivity index (χ3v) is 3.63. The van der Waals surface area contributed by atoms with Crippen molar-refractivity contribution in [2.45, 2.75) is 18.7 Å². The summed E-state index contributed by atoms with van der Waals surface area (Å²) in [5.74, 6) is -0.344. The smallest absolute Gasteiger partial charge is 0.338 e. The summed E-state index contributed by atoms with van der Waals surface area (Å²) in [5.41, 5.74) is 2.21. The lowest BCUT2D eigenvalue weighted by atomic mass is 10.0. The van der Waals surface area contributed by atoms with E-state index in [0.29, 0.717) is 17.5 Å². The highest BCUT2D eigenvalue weighted by atomic mass is 79.9. The minimum atomic E-state index is -0.379. The van der Waals surface area contributed by atoms with Crippen LogP contribution < -0.4 is 0 Å². The van der Waals surface area contributed by atoms with Gasteiger partial charge in [0.1, 0.15) is 5.78 Å². The van der Waals surface area contributed by atoms with E-state index in [0.717, 1.165) is 11.1 Å². The molecule has 1 rings (SSSR count). The Morgan fingerprint density at radius 2 is 2.00 bits per heavy atom. The van der Waals surface area contributed by atoms with E-state index in [1.54, 1.807) is 13.0 Å². The number of hydrogen-bond donors (Lipinski definition) is 0. The molecule has 0 saturated heterocycles. The van der Waals surface area contributed by atoms with Gasteiger partial charge in [0.25, 0.3) is 0 Å². The first-order chi connectivity index (χ1) is 8.62. The topological polar surface area (TPSA) is 43.4 Å². The van der Waals surface area contributed by atoms with Crippen LogP contribution in [0.2, 0.25) is 0 Å². The highest BCUT2D eigenvalue weighted by Crippen LogP contribution is 2.17. The average molecular weight is 378 g/mol. The molecule has 0 N–H and O–H groups in total. The van der Waals surface area contributed by atoms with Gasteiger partial charge in [-0.1, -0.05) is 44.0 Å². The predicted octanol–water partition coefficient (Wildman–Crippen LogP) is 3.26. The van der Waals surface area contributed by atoms with Gasteiger partial charge in [0.15, 0.2) is 0 Å². The molecule has 0 aliphatic heterocycles. The van der Waals surface area contributed by atoms with Crippen LogP contribution in [0, 0.1) is 0 Å². The molecule has 0 fully saturated rings. The molecule has 1 aromatic carbocycles. The van der Waals surface area contributed by atoms with Crippen LogP contribution in [-0.4, -0.2) is 23.7 Å². The molecular formula is C13H14Br2O3. The first kappa shape index (κ1) is 15.4. The van der Waals surface area contributed by atoms with Crippen LogP contribution in [0.25, 0.3) is 0 Å². The van der Waals surface area contributed by atoms with Gasteiger partial charge < -0.3 is 4.74 Å². The molecule has 0 aromatic heterocycles. The number of carbonyl (C=O) groups excluding carboxylic acids is 2. The van der Waals surface area contributed by atoms with Crippen LogP contribution in [0.5, 0.6) is 0 Å². The van der Waals surface area contributed by atoms with Gasteiger partial charge in [-0.15, -0.1) is 0 Å².